The van der Waals surface area contributed by atoms with E-state index in [2.05, 4.69) is 95.1 Å². The first-order valence-electron chi connectivity index (χ1n) is 10.7. The smallest absolute Gasteiger partial charge is 0.170 e. The van der Waals surface area contributed by atoms with Crippen LogP contribution in [0, 0.1) is 13.8 Å². The second kappa shape index (κ2) is 7.82. The van der Waals surface area contributed by atoms with E-state index in [-0.39, 0.29) is 12.1 Å². The summed E-state index contributed by atoms with van der Waals surface area (Å²) in [6.45, 7) is 7.41. The number of nitrogens with zero attached hydrogens (tertiary/aromatic N) is 3. The molecule has 1 aliphatic heterocycles. The Kier molecular flexibility index (Phi) is 4.98. The lowest BCUT2D eigenvalue weighted by atomic mass is 9.97. The molecule has 0 saturated carbocycles. The fraction of sp³-hybridized carbons (Fsp3) is 0.231. The molecule has 0 bridgehead atoms. The summed E-state index contributed by atoms with van der Waals surface area (Å²) in [5, 5.41) is 6.83. The van der Waals surface area contributed by atoms with Crippen molar-refractivity contribution < 1.29 is 0 Å². The van der Waals surface area contributed by atoms with Crippen molar-refractivity contribution in [2.75, 3.05) is 6.54 Å². The minimum absolute atomic E-state index is 0.0233. The molecule has 2 aromatic carbocycles. The van der Waals surface area contributed by atoms with Gasteiger partial charge in [-0.1, -0.05) is 42.5 Å². The van der Waals surface area contributed by atoms with Gasteiger partial charge in [0, 0.05) is 29.5 Å². The predicted molar refractivity (Wildman–Crippen MR) is 131 cm³/mol. The van der Waals surface area contributed by atoms with Gasteiger partial charge in [0.05, 0.1) is 23.5 Å². The van der Waals surface area contributed by atoms with E-state index in [1.54, 1.807) is 0 Å². The average Bonchev–Trinajstić information content (AvgIpc) is 3.28. The van der Waals surface area contributed by atoms with Gasteiger partial charge in [-0.15, -0.1) is 0 Å². The second-order valence-electron chi connectivity index (χ2n) is 8.07. The van der Waals surface area contributed by atoms with Crippen LogP contribution < -0.4 is 5.32 Å². The normalized spacial score (nSPS) is 18.5. The van der Waals surface area contributed by atoms with Crippen LogP contribution in [0.25, 0.3) is 16.5 Å². The monoisotopic (exact) mass is 426 g/mol. The van der Waals surface area contributed by atoms with Crippen molar-refractivity contribution in [1.82, 2.24) is 19.8 Å². The van der Waals surface area contributed by atoms with Gasteiger partial charge in [-0.05, 0) is 68.2 Å². The van der Waals surface area contributed by atoms with Crippen molar-refractivity contribution in [2.24, 2.45) is 0 Å². The second-order valence-corrected chi connectivity index (χ2v) is 8.46. The Balaban J connectivity index is 1.68. The van der Waals surface area contributed by atoms with Crippen LogP contribution >= 0.6 is 12.2 Å². The third-order valence-corrected chi connectivity index (χ3v) is 6.69. The van der Waals surface area contributed by atoms with E-state index in [1.807, 2.05) is 18.3 Å². The van der Waals surface area contributed by atoms with Gasteiger partial charge in [-0.2, -0.15) is 0 Å². The number of pyridine rings is 1. The molecule has 31 heavy (non-hydrogen) atoms. The molecule has 0 amide bonds. The molecule has 1 fully saturated rings. The van der Waals surface area contributed by atoms with Crippen LogP contribution in [0.2, 0.25) is 0 Å². The number of thiocarbonyl (C=S) groups is 1. The molecule has 0 spiro atoms. The van der Waals surface area contributed by atoms with Crippen LogP contribution in [0.4, 0.5) is 0 Å². The number of fused-ring (bicyclic) bond motifs is 1. The molecule has 1 aliphatic rings. The number of aromatic nitrogens is 2. The maximum atomic E-state index is 5.71. The van der Waals surface area contributed by atoms with E-state index in [0.29, 0.717) is 0 Å². The van der Waals surface area contributed by atoms with Crippen LogP contribution in [0.5, 0.6) is 0 Å². The number of aryl methyl sites for hydroxylation is 1. The van der Waals surface area contributed by atoms with Crippen LogP contribution in [0.1, 0.15) is 41.7 Å². The zero-order valence-electron chi connectivity index (χ0n) is 18.0. The van der Waals surface area contributed by atoms with Crippen molar-refractivity contribution in [1.29, 1.82) is 0 Å². The third kappa shape index (κ3) is 3.20. The Labute approximate surface area is 188 Å². The van der Waals surface area contributed by atoms with Crippen molar-refractivity contribution in [3.05, 3.63) is 95.6 Å². The fourth-order valence-corrected chi connectivity index (χ4v) is 5.32. The summed E-state index contributed by atoms with van der Waals surface area (Å²) < 4.78 is 2.38. The summed E-state index contributed by atoms with van der Waals surface area (Å²) in [5.41, 5.74) is 5.98. The molecule has 0 radical (unpaired) electrons. The highest BCUT2D eigenvalue weighted by Crippen LogP contribution is 2.41. The Hall–Kier alpha value is -3.18. The molecule has 5 rings (SSSR count). The molecule has 4 nitrogen and oxygen atoms in total. The minimum atomic E-state index is 0.0233. The standard InChI is InChI=1S/C26H26N4S/c1-4-29-25(24(28-26(29)31)22-13-7-8-15-27-22)21-16-17(2)30(18(21)3)23-14-9-11-19-10-5-6-12-20(19)23/h5-16,24-25H,4H2,1-3H3,(H,28,31)/t24-,25+/m1/s1. The molecule has 3 heterocycles. The minimum Gasteiger partial charge on any atom is -0.352 e. The molecule has 0 aliphatic carbocycles. The highest BCUT2D eigenvalue weighted by molar-refractivity contribution is 7.80. The van der Waals surface area contributed by atoms with E-state index in [9.17, 15) is 0 Å². The van der Waals surface area contributed by atoms with E-state index in [0.717, 1.165) is 17.4 Å². The summed E-state index contributed by atoms with van der Waals surface area (Å²) in [5.74, 6) is 0. The van der Waals surface area contributed by atoms with Crippen molar-refractivity contribution >= 4 is 28.1 Å². The molecule has 5 heteroatoms. The summed E-state index contributed by atoms with van der Waals surface area (Å²) in [7, 11) is 0. The van der Waals surface area contributed by atoms with Gasteiger partial charge >= 0.3 is 0 Å². The Morgan fingerprint density at radius 2 is 1.77 bits per heavy atom. The zero-order chi connectivity index (χ0) is 21.5. The SMILES string of the molecule is CCN1C(=S)N[C@H](c2ccccn2)[C@@H]1c1cc(C)n(-c2cccc3ccccc23)c1C. The molecule has 4 aromatic rings. The van der Waals surface area contributed by atoms with Gasteiger partial charge in [0.1, 0.15) is 0 Å². The van der Waals surface area contributed by atoms with Crippen molar-refractivity contribution in [3.63, 3.8) is 0 Å². The van der Waals surface area contributed by atoms with Crippen molar-refractivity contribution in [3.8, 4) is 5.69 Å². The van der Waals surface area contributed by atoms with E-state index >= 15 is 0 Å². The van der Waals surface area contributed by atoms with Crippen LogP contribution in [-0.4, -0.2) is 26.1 Å². The molecule has 0 unspecified atom stereocenters. The van der Waals surface area contributed by atoms with Gasteiger partial charge in [0.15, 0.2) is 5.11 Å². The lowest BCUT2D eigenvalue weighted by Crippen LogP contribution is -2.29. The first-order valence-corrected chi connectivity index (χ1v) is 11.2. The Morgan fingerprint density at radius 3 is 2.55 bits per heavy atom. The maximum Gasteiger partial charge on any atom is 0.170 e. The van der Waals surface area contributed by atoms with Gasteiger partial charge in [0.2, 0.25) is 0 Å². The number of hydrogen-bond donors (Lipinski definition) is 1. The molecule has 2 aromatic heterocycles. The third-order valence-electron chi connectivity index (χ3n) is 6.33. The lowest BCUT2D eigenvalue weighted by Gasteiger charge is -2.27. The van der Waals surface area contributed by atoms with E-state index in [1.165, 1.54) is 33.4 Å². The van der Waals surface area contributed by atoms with Gasteiger partial charge in [0.25, 0.3) is 0 Å². The first-order chi connectivity index (χ1) is 15.1. The Bertz CT molecular complexity index is 1260. The lowest BCUT2D eigenvalue weighted by molar-refractivity contribution is 0.329. The average molecular weight is 427 g/mol. The number of likely N-dealkylation sites (N-methyl/N-ethyl adjacent to an activating group) is 1. The number of nitrogens with one attached hydrogen (secondary N) is 1. The topological polar surface area (TPSA) is 33.1 Å². The first kappa shape index (κ1) is 19.8. The Morgan fingerprint density at radius 1 is 1.00 bits per heavy atom. The molecule has 156 valence electrons. The van der Waals surface area contributed by atoms with Crippen LogP contribution in [0.3, 0.4) is 0 Å². The van der Waals surface area contributed by atoms with Gasteiger partial charge < -0.3 is 14.8 Å². The molecular formula is C26H26N4S. The van der Waals surface area contributed by atoms with Crippen LogP contribution in [-0.2, 0) is 0 Å². The fourth-order valence-electron chi connectivity index (χ4n) is 4.95. The van der Waals surface area contributed by atoms with E-state index in [4.69, 9.17) is 12.2 Å². The molecule has 2 atom stereocenters. The number of benzene rings is 2. The van der Waals surface area contributed by atoms with Crippen molar-refractivity contribution in [2.45, 2.75) is 32.9 Å². The van der Waals surface area contributed by atoms with E-state index < -0.39 is 0 Å². The molecular weight excluding hydrogens is 400 g/mol. The maximum absolute atomic E-state index is 5.71. The summed E-state index contributed by atoms with van der Waals surface area (Å²) in [4.78, 5) is 6.92. The highest BCUT2D eigenvalue weighted by Gasteiger charge is 2.40. The molecule has 1 N–H and O–H groups in total. The molecule has 1 saturated heterocycles. The van der Waals surface area contributed by atoms with Gasteiger partial charge in [-0.25, -0.2) is 0 Å². The number of hydrogen-bond acceptors (Lipinski definition) is 2. The number of rotatable bonds is 4. The predicted octanol–water partition coefficient (Wildman–Crippen LogP) is 5.63. The van der Waals surface area contributed by atoms with Crippen LogP contribution in [0.15, 0.2) is 72.9 Å². The summed E-state index contributed by atoms with van der Waals surface area (Å²) in [6.07, 6.45) is 1.85. The summed E-state index contributed by atoms with van der Waals surface area (Å²) in [6, 6.07) is 23.6. The largest absolute Gasteiger partial charge is 0.352 e. The quantitative estimate of drug-likeness (QED) is 0.429. The highest BCUT2D eigenvalue weighted by atomic mass is 32.1. The van der Waals surface area contributed by atoms with Gasteiger partial charge in [-0.3, -0.25) is 4.98 Å². The zero-order valence-corrected chi connectivity index (χ0v) is 18.9. The summed E-state index contributed by atoms with van der Waals surface area (Å²) >= 11 is 5.71.